The van der Waals surface area contributed by atoms with Crippen LogP contribution in [0.1, 0.15) is 15.9 Å². The van der Waals surface area contributed by atoms with Gasteiger partial charge in [0.2, 0.25) is 5.43 Å². The Labute approximate surface area is 121 Å². The molecule has 1 aromatic heterocycles. The largest absolute Gasteiger partial charge is 0.379 e. The number of pyridine rings is 1. The molecule has 110 valence electrons. The van der Waals surface area contributed by atoms with Gasteiger partial charge in [0, 0.05) is 36.7 Å². The van der Waals surface area contributed by atoms with Gasteiger partial charge in [-0.3, -0.25) is 14.5 Å². The fourth-order valence-electron chi connectivity index (χ4n) is 2.56. The maximum atomic E-state index is 12.3. The lowest BCUT2D eigenvalue weighted by atomic mass is 10.1. The summed E-state index contributed by atoms with van der Waals surface area (Å²) in [6.07, 6.45) is 1.37. The van der Waals surface area contributed by atoms with E-state index < -0.39 is 5.91 Å². The molecule has 1 saturated heterocycles. The van der Waals surface area contributed by atoms with Crippen LogP contribution in [-0.2, 0) is 11.3 Å². The molecule has 6 nitrogen and oxygen atoms in total. The number of aromatic amines is 1. The van der Waals surface area contributed by atoms with Crippen LogP contribution in [0.4, 0.5) is 0 Å². The maximum absolute atomic E-state index is 12.3. The third kappa shape index (κ3) is 2.81. The van der Waals surface area contributed by atoms with Gasteiger partial charge in [-0.25, -0.2) is 0 Å². The van der Waals surface area contributed by atoms with Crippen LogP contribution >= 0.6 is 0 Å². The first-order valence-corrected chi connectivity index (χ1v) is 6.89. The second kappa shape index (κ2) is 5.67. The van der Waals surface area contributed by atoms with E-state index in [4.69, 9.17) is 10.5 Å². The Morgan fingerprint density at radius 3 is 2.81 bits per heavy atom. The molecule has 0 saturated carbocycles. The van der Waals surface area contributed by atoms with Crippen LogP contribution in [0.5, 0.6) is 0 Å². The molecule has 0 bridgehead atoms. The van der Waals surface area contributed by atoms with Gasteiger partial charge in [-0.05, 0) is 17.7 Å². The van der Waals surface area contributed by atoms with E-state index >= 15 is 0 Å². The lowest BCUT2D eigenvalue weighted by Gasteiger charge is -2.26. The van der Waals surface area contributed by atoms with Gasteiger partial charge >= 0.3 is 0 Å². The fourth-order valence-corrected chi connectivity index (χ4v) is 2.56. The number of amides is 1. The molecule has 1 aliphatic rings. The predicted octanol–water partition coefficient (Wildman–Crippen LogP) is 0.459. The van der Waals surface area contributed by atoms with Crippen molar-refractivity contribution >= 4 is 16.8 Å². The first-order valence-electron chi connectivity index (χ1n) is 6.89. The molecule has 2 aromatic rings. The minimum Gasteiger partial charge on any atom is -0.379 e. The van der Waals surface area contributed by atoms with E-state index in [9.17, 15) is 9.59 Å². The van der Waals surface area contributed by atoms with Crippen molar-refractivity contribution in [3.05, 3.63) is 45.7 Å². The number of hydrogen-bond acceptors (Lipinski definition) is 4. The third-order valence-electron chi connectivity index (χ3n) is 3.72. The van der Waals surface area contributed by atoms with Gasteiger partial charge in [0.25, 0.3) is 5.91 Å². The molecular weight excluding hydrogens is 270 g/mol. The van der Waals surface area contributed by atoms with E-state index in [1.165, 1.54) is 6.20 Å². The summed E-state index contributed by atoms with van der Waals surface area (Å²) < 4.78 is 5.32. The lowest BCUT2D eigenvalue weighted by molar-refractivity contribution is 0.0342. The molecule has 1 aromatic carbocycles. The standard InChI is InChI=1S/C15H17N3O3/c16-15(20)12-8-17-13-2-1-10(7-11(13)14(12)19)9-18-3-5-21-6-4-18/h1-2,7-8H,3-6,9H2,(H2,16,20)(H,17,19). The van der Waals surface area contributed by atoms with Crippen LogP contribution in [0, 0.1) is 0 Å². The first kappa shape index (κ1) is 13.8. The summed E-state index contributed by atoms with van der Waals surface area (Å²) in [7, 11) is 0. The van der Waals surface area contributed by atoms with Gasteiger partial charge < -0.3 is 15.5 Å². The number of aromatic nitrogens is 1. The van der Waals surface area contributed by atoms with Crippen molar-refractivity contribution in [2.24, 2.45) is 5.73 Å². The number of fused-ring (bicyclic) bond motifs is 1. The molecule has 0 atom stereocenters. The number of morpholine rings is 1. The van der Waals surface area contributed by atoms with Crippen LogP contribution in [0.25, 0.3) is 10.9 Å². The van der Waals surface area contributed by atoms with Crippen molar-refractivity contribution in [3.8, 4) is 0 Å². The Morgan fingerprint density at radius 1 is 1.33 bits per heavy atom. The van der Waals surface area contributed by atoms with Gasteiger partial charge in [-0.15, -0.1) is 0 Å². The topological polar surface area (TPSA) is 88.4 Å². The predicted molar refractivity (Wildman–Crippen MR) is 79.2 cm³/mol. The summed E-state index contributed by atoms with van der Waals surface area (Å²) in [6, 6.07) is 5.67. The zero-order valence-electron chi connectivity index (χ0n) is 11.6. The molecule has 21 heavy (non-hydrogen) atoms. The Balaban J connectivity index is 1.96. The quantitative estimate of drug-likeness (QED) is 0.858. The summed E-state index contributed by atoms with van der Waals surface area (Å²) in [5.41, 5.74) is 6.63. The van der Waals surface area contributed by atoms with Crippen molar-refractivity contribution in [2.75, 3.05) is 26.3 Å². The zero-order chi connectivity index (χ0) is 14.8. The molecule has 1 fully saturated rings. The van der Waals surface area contributed by atoms with E-state index in [0.717, 1.165) is 38.4 Å². The fraction of sp³-hybridized carbons (Fsp3) is 0.333. The monoisotopic (exact) mass is 287 g/mol. The van der Waals surface area contributed by atoms with Crippen molar-refractivity contribution in [3.63, 3.8) is 0 Å². The number of rotatable bonds is 3. The normalized spacial score (nSPS) is 16.2. The van der Waals surface area contributed by atoms with Crippen LogP contribution in [-0.4, -0.2) is 42.1 Å². The van der Waals surface area contributed by atoms with Crippen LogP contribution < -0.4 is 11.2 Å². The number of ether oxygens (including phenoxy) is 1. The highest BCUT2D eigenvalue weighted by molar-refractivity contribution is 5.96. The van der Waals surface area contributed by atoms with Gasteiger partial charge in [-0.1, -0.05) is 6.07 Å². The third-order valence-corrected chi connectivity index (χ3v) is 3.72. The number of H-pyrrole nitrogens is 1. The van der Waals surface area contributed by atoms with Crippen molar-refractivity contribution < 1.29 is 9.53 Å². The number of carbonyl (C=O) groups excluding carboxylic acids is 1. The maximum Gasteiger partial charge on any atom is 0.254 e. The van der Waals surface area contributed by atoms with Gasteiger partial charge in [-0.2, -0.15) is 0 Å². The molecule has 0 radical (unpaired) electrons. The van der Waals surface area contributed by atoms with Crippen LogP contribution in [0.2, 0.25) is 0 Å². The van der Waals surface area contributed by atoms with E-state index in [1.54, 1.807) is 0 Å². The number of nitrogens with two attached hydrogens (primary N) is 1. The Hall–Kier alpha value is -2.18. The molecule has 2 heterocycles. The number of nitrogens with one attached hydrogen (secondary N) is 1. The number of nitrogens with zero attached hydrogens (tertiary/aromatic N) is 1. The minimum atomic E-state index is -0.711. The van der Waals surface area contributed by atoms with Crippen molar-refractivity contribution in [1.82, 2.24) is 9.88 Å². The molecule has 3 rings (SSSR count). The second-order valence-corrected chi connectivity index (χ2v) is 5.16. The summed E-state index contributed by atoms with van der Waals surface area (Å²) >= 11 is 0. The van der Waals surface area contributed by atoms with Gasteiger partial charge in [0.15, 0.2) is 0 Å². The van der Waals surface area contributed by atoms with Gasteiger partial charge in [0.1, 0.15) is 5.56 Å². The van der Waals surface area contributed by atoms with Crippen LogP contribution in [0.15, 0.2) is 29.2 Å². The number of carbonyl (C=O) groups is 1. The lowest BCUT2D eigenvalue weighted by Crippen LogP contribution is -2.35. The summed E-state index contributed by atoms with van der Waals surface area (Å²) in [4.78, 5) is 28.7. The van der Waals surface area contributed by atoms with E-state index in [0.29, 0.717) is 10.9 Å². The number of benzene rings is 1. The second-order valence-electron chi connectivity index (χ2n) is 5.16. The average molecular weight is 287 g/mol. The molecule has 0 spiro atoms. The van der Waals surface area contributed by atoms with Gasteiger partial charge in [0.05, 0.1) is 13.2 Å². The summed E-state index contributed by atoms with van der Waals surface area (Å²) in [6.45, 7) is 4.00. The zero-order valence-corrected chi connectivity index (χ0v) is 11.6. The SMILES string of the molecule is NC(=O)c1c[nH]c2ccc(CN3CCOCC3)cc2c1=O. The first-order chi connectivity index (χ1) is 10.1. The highest BCUT2D eigenvalue weighted by atomic mass is 16.5. The van der Waals surface area contributed by atoms with Crippen molar-refractivity contribution in [2.45, 2.75) is 6.54 Å². The van der Waals surface area contributed by atoms with E-state index in [-0.39, 0.29) is 11.0 Å². The van der Waals surface area contributed by atoms with E-state index in [2.05, 4.69) is 9.88 Å². The summed E-state index contributed by atoms with van der Waals surface area (Å²) in [5.74, 6) is -0.711. The molecule has 1 aliphatic heterocycles. The minimum absolute atomic E-state index is 0.00831. The van der Waals surface area contributed by atoms with E-state index in [1.807, 2.05) is 18.2 Å². The highest BCUT2D eigenvalue weighted by Gasteiger charge is 2.13. The molecule has 1 amide bonds. The Bertz CT molecular complexity index is 733. The summed E-state index contributed by atoms with van der Waals surface area (Å²) in [5, 5.41) is 0.497. The molecular formula is C15H17N3O3. The molecule has 0 unspecified atom stereocenters. The average Bonchev–Trinajstić information content (AvgIpc) is 2.49. The molecule has 0 aliphatic carbocycles. The highest BCUT2D eigenvalue weighted by Crippen LogP contribution is 2.14. The molecule has 3 N–H and O–H groups in total. The smallest absolute Gasteiger partial charge is 0.254 e. The number of hydrogen-bond donors (Lipinski definition) is 2. The Kier molecular flexibility index (Phi) is 3.72. The van der Waals surface area contributed by atoms with Crippen molar-refractivity contribution in [1.29, 1.82) is 0 Å². The Morgan fingerprint density at radius 2 is 2.10 bits per heavy atom. The number of primary amides is 1. The molecule has 6 heteroatoms. The van der Waals surface area contributed by atoms with Crippen LogP contribution in [0.3, 0.4) is 0 Å².